The Balaban J connectivity index is 0.916. The quantitative estimate of drug-likeness (QED) is 0.174. The lowest BCUT2D eigenvalue weighted by Crippen LogP contribution is -2.26. The van der Waals surface area contributed by atoms with Crippen LogP contribution in [0.3, 0.4) is 0 Å². The summed E-state index contributed by atoms with van der Waals surface area (Å²) < 4.78 is 6.29. The van der Waals surface area contributed by atoms with E-state index in [1.165, 1.54) is 99.1 Å². The van der Waals surface area contributed by atoms with Crippen molar-refractivity contribution in [2.75, 3.05) is 0 Å². The van der Waals surface area contributed by atoms with E-state index < -0.39 is 0 Å². The summed E-state index contributed by atoms with van der Waals surface area (Å²) in [6.45, 7) is 0. The van der Waals surface area contributed by atoms with E-state index in [1.54, 1.807) is 0 Å². The van der Waals surface area contributed by atoms with Gasteiger partial charge in [-0.3, -0.25) is 0 Å². The molecule has 0 saturated carbocycles. The second-order valence-electron chi connectivity index (χ2n) is 15.6. The van der Waals surface area contributed by atoms with Gasteiger partial charge in [-0.25, -0.2) is 0 Å². The molecule has 1 heterocycles. The fourth-order valence-electron chi connectivity index (χ4n) is 10.4. The van der Waals surface area contributed by atoms with E-state index in [0.717, 1.165) is 21.9 Å². The van der Waals surface area contributed by atoms with E-state index in [0.29, 0.717) is 0 Å². The maximum atomic E-state index is 6.29. The van der Waals surface area contributed by atoms with Crippen molar-refractivity contribution in [2.24, 2.45) is 0 Å². The zero-order valence-electron chi connectivity index (χ0n) is 30.4. The molecule has 1 nitrogen and oxygen atoms in total. The first-order valence-corrected chi connectivity index (χ1v) is 19.5. The van der Waals surface area contributed by atoms with Crippen molar-refractivity contribution in [2.45, 2.75) is 5.41 Å². The van der Waals surface area contributed by atoms with Gasteiger partial charge in [0.05, 0.1) is 5.41 Å². The predicted octanol–water partition coefficient (Wildman–Crippen LogP) is 14.7. The average Bonchev–Trinajstić information content (AvgIpc) is 3.88. The molecule has 258 valence electrons. The van der Waals surface area contributed by atoms with Crippen molar-refractivity contribution >= 4 is 54.3 Å². The van der Waals surface area contributed by atoms with Crippen molar-refractivity contribution in [1.82, 2.24) is 0 Å². The molecular weight excluding hydrogens is 677 g/mol. The van der Waals surface area contributed by atoms with Crippen LogP contribution in [0.25, 0.3) is 98.8 Å². The molecule has 0 unspecified atom stereocenters. The van der Waals surface area contributed by atoms with Crippen LogP contribution in [0, 0.1) is 0 Å². The molecular formula is C55H32O. The van der Waals surface area contributed by atoms with Gasteiger partial charge < -0.3 is 4.42 Å². The highest BCUT2D eigenvalue weighted by atomic mass is 16.3. The highest BCUT2D eigenvalue weighted by Gasteiger charge is 2.52. The predicted molar refractivity (Wildman–Crippen MR) is 233 cm³/mol. The zero-order chi connectivity index (χ0) is 36.5. The Morgan fingerprint density at radius 1 is 0.286 bits per heavy atom. The van der Waals surface area contributed by atoms with Gasteiger partial charge in [0.2, 0.25) is 0 Å². The highest BCUT2D eigenvalue weighted by Crippen LogP contribution is 2.64. The summed E-state index contributed by atoms with van der Waals surface area (Å²) >= 11 is 0. The van der Waals surface area contributed by atoms with Crippen LogP contribution in [0.4, 0.5) is 0 Å². The molecule has 2 aliphatic carbocycles. The molecule has 11 aromatic rings. The third kappa shape index (κ3) is 3.94. The van der Waals surface area contributed by atoms with Gasteiger partial charge in [-0.05, 0) is 142 Å². The van der Waals surface area contributed by atoms with Gasteiger partial charge in [-0.2, -0.15) is 0 Å². The summed E-state index contributed by atoms with van der Waals surface area (Å²) in [5.74, 6) is 0. The Morgan fingerprint density at radius 2 is 0.750 bits per heavy atom. The van der Waals surface area contributed by atoms with Crippen molar-refractivity contribution in [3.63, 3.8) is 0 Å². The van der Waals surface area contributed by atoms with Gasteiger partial charge in [0.1, 0.15) is 11.2 Å². The van der Waals surface area contributed by atoms with Crippen LogP contribution in [-0.4, -0.2) is 0 Å². The van der Waals surface area contributed by atoms with Crippen LogP contribution in [0.1, 0.15) is 22.3 Å². The van der Waals surface area contributed by atoms with Gasteiger partial charge >= 0.3 is 0 Å². The molecule has 1 aromatic heterocycles. The molecule has 13 rings (SSSR count). The normalized spacial score (nSPS) is 13.5. The summed E-state index contributed by atoms with van der Waals surface area (Å²) in [6, 6.07) is 72.1. The molecule has 0 saturated heterocycles. The fourth-order valence-corrected chi connectivity index (χ4v) is 10.4. The second-order valence-corrected chi connectivity index (χ2v) is 15.6. The molecule has 0 N–H and O–H groups in total. The minimum Gasteiger partial charge on any atom is -0.456 e. The zero-order valence-corrected chi connectivity index (χ0v) is 30.4. The third-order valence-corrected chi connectivity index (χ3v) is 12.8. The summed E-state index contributed by atoms with van der Waals surface area (Å²) in [6.07, 6.45) is 0. The van der Waals surface area contributed by atoms with Gasteiger partial charge in [-0.1, -0.05) is 152 Å². The van der Waals surface area contributed by atoms with Crippen LogP contribution in [-0.2, 0) is 5.41 Å². The average molecular weight is 709 g/mol. The summed E-state index contributed by atoms with van der Waals surface area (Å²) in [4.78, 5) is 0. The summed E-state index contributed by atoms with van der Waals surface area (Å²) in [5.41, 5.74) is 17.2. The van der Waals surface area contributed by atoms with E-state index in [9.17, 15) is 0 Å². The van der Waals surface area contributed by atoms with Crippen LogP contribution in [0.2, 0.25) is 0 Å². The standard InChI is InChI=1S/C55H32O/c1-2-10-34-32-53-48(30-33(34)9-1)47-31-40(23-26-52(47)56-53)38-20-19-35-27-37(18-17-36(35)28-38)39-21-24-42-41(29-39)22-25-46-45-13-5-8-16-51(45)55(54(42)46)49-14-6-3-11-43(49)44-12-4-7-15-50(44)55/h1-32H. The number of rotatable bonds is 2. The molecule has 2 aliphatic rings. The molecule has 1 heteroatoms. The van der Waals surface area contributed by atoms with Crippen LogP contribution in [0.15, 0.2) is 199 Å². The van der Waals surface area contributed by atoms with E-state index >= 15 is 0 Å². The Morgan fingerprint density at radius 3 is 1.41 bits per heavy atom. The van der Waals surface area contributed by atoms with Crippen LogP contribution in [0.5, 0.6) is 0 Å². The van der Waals surface area contributed by atoms with E-state index in [4.69, 9.17) is 4.42 Å². The lowest BCUT2D eigenvalue weighted by atomic mass is 9.69. The first-order valence-electron chi connectivity index (χ1n) is 19.5. The maximum Gasteiger partial charge on any atom is 0.136 e. The number of hydrogen-bond acceptors (Lipinski definition) is 1. The number of fused-ring (bicyclic) bond motifs is 17. The van der Waals surface area contributed by atoms with Crippen molar-refractivity contribution in [1.29, 1.82) is 0 Å². The number of furan rings is 1. The fraction of sp³-hybridized carbons (Fsp3) is 0.0182. The lowest BCUT2D eigenvalue weighted by molar-refractivity contribution is 0.669. The van der Waals surface area contributed by atoms with Crippen molar-refractivity contribution in [3.05, 3.63) is 216 Å². The van der Waals surface area contributed by atoms with Crippen LogP contribution < -0.4 is 0 Å². The van der Waals surface area contributed by atoms with Gasteiger partial charge in [0, 0.05) is 10.8 Å². The Labute approximate surface area is 323 Å². The van der Waals surface area contributed by atoms with E-state index in [1.807, 2.05) is 0 Å². The Bertz CT molecular complexity index is 3420. The third-order valence-electron chi connectivity index (χ3n) is 12.8. The summed E-state index contributed by atoms with van der Waals surface area (Å²) in [7, 11) is 0. The van der Waals surface area contributed by atoms with Crippen molar-refractivity contribution < 1.29 is 4.42 Å². The number of hydrogen-bond donors (Lipinski definition) is 0. The largest absolute Gasteiger partial charge is 0.456 e. The monoisotopic (exact) mass is 708 g/mol. The SMILES string of the molecule is c1ccc2c(c1)-c1ccccc1C21c2ccccc2-c2ccc3cc(-c4ccc5cc(-c6ccc7oc8cc9ccccc9cc8c7c6)ccc5c4)ccc3c21. The first kappa shape index (κ1) is 30.1. The molecule has 0 aliphatic heterocycles. The lowest BCUT2D eigenvalue weighted by Gasteiger charge is -2.31. The first-order chi connectivity index (χ1) is 27.7. The molecule has 0 atom stereocenters. The minimum absolute atomic E-state index is 0.357. The van der Waals surface area contributed by atoms with Gasteiger partial charge in [0.15, 0.2) is 0 Å². The smallest absolute Gasteiger partial charge is 0.136 e. The van der Waals surface area contributed by atoms with Gasteiger partial charge in [-0.15, -0.1) is 0 Å². The van der Waals surface area contributed by atoms with Gasteiger partial charge in [0.25, 0.3) is 0 Å². The Kier molecular flexibility index (Phi) is 5.89. The summed E-state index contributed by atoms with van der Waals surface area (Å²) in [5, 5.41) is 9.77. The highest BCUT2D eigenvalue weighted by molar-refractivity contribution is 6.11. The number of benzene rings is 10. The molecule has 0 bridgehead atoms. The van der Waals surface area contributed by atoms with Crippen LogP contribution >= 0.6 is 0 Å². The molecule has 10 aromatic carbocycles. The molecule has 56 heavy (non-hydrogen) atoms. The minimum atomic E-state index is -0.357. The molecule has 1 spiro atoms. The Hall–Kier alpha value is -7.22. The second kappa shape index (κ2) is 10.9. The topological polar surface area (TPSA) is 13.1 Å². The molecule has 0 amide bonds. The van der Waals surface area contributed by atoms with Crippen molar-refractivity contribution in [3.8, 4) is 44.5 Å². The molecule has 0 fully saturated rings. The molecule has 0 radical (unpaired) electrons. The van der Waals surface area contributed by atoms with E-state index in [-0.39, 0.29) is 5.41 Å². The van der Waals surface area contributed by atoms with E-state index in [2.05, 4.69) is 194 Å². The maximum absolute atomic E-state index is 6.29.